The summed E-state index contributed by atoms with van der Waals surface area (Å²) in [4.78, 5) is 20.6. The first-order valence-corrected chi connectivity index (χ1v) is 26.3. The molecule has 1 spiro atoms. The van der Waals surface area contributed by atoms with Gasteiger partial charge in [0.05, 0.1) is 5.41 Å². The molecule has 0 fully saturated rings. The molecule has 0 atom stereocenters. The fourth-order valence-corrected chi connectivity index (χ4v) is 12.7. The summed E-state index contributed by atoms with van der Waals surface area (Å²) >= 11 is 0. The zero-order chi connectivity index (χ0) is 51.2. The van der Waals surface area contributed by atoms with Gasteiger partial charge in [0, 0.05) is 43.0 Å². The summed E-state index contributed by atoms with van der Waals surface area (Å²) < 4.78 is 0. The number of hydrogen-bond donors (Lipinski definition) is 0. The Bertz CT molecular complexity index is 4390. The number of rotatable bonds is 7. The van der Waals surface area contributed by atoms with Gasteiger partial charge in [-0.25, -0.2) is 15.0 Å². The summed E-state index contributed by atoms with van der Waals surface area (Å²) in [5.74, 6) is 1.76. The van der Waals surface area contributed by atoms with Gasteiger partial charge in [-0.15, -0.1) is 23.8 Å². The number of fused-ring (bicyclic) bond motifs is 12. The van der Waals surface area contributed by atoms with Gasteiger partial charge >= 0.3 is 0 Å². The van der Waals surface area contributed by atoms with E-state index >= 15 is 0 Å². The van der Waals surface area contributed by atoms with Crippen LogP contribution in [0.5, 0.6) is 0 Å². The third-order valence-electron chi connectivity index (χ3n) is 16.0. The predicted octanol–water partition coefficient (Wildman–Crippen LogP) is 18.0. The maximum absolute atomic E-state index is 5.22. The standard InChI is InChI=1S/C73H47N4.Ir/c1-45-38-46(2)40-55(39-45)56-20-7-8-21-57(56)58-36-34-51(43-63(58)61-25-15-29-67-69(61)62-24-11-14-28-66(62)73(67)64-26-12-9-22-59(64)60-23-10-13-27-65(60)73)68-37-35-54(44-74-68)72-76-70(52-32-30-47-16-3-5-18-49(47)41-52)75-71(77-72)53-33-31-48-17-4-6-19-50(48)42-53;/h3-33,35-44H,1-2H3;/q-1;. The van der Waals surface area contributed by atoms with Crippen LogP contribution in [-0.2, 0) is 25.5 Å². The molecule has 15 rings (SSSR count). The molecule has 0 bridgehead atoms. The van der Waals surface area contributed by atoms with Gasteiger partial charge in [0.25, 0.3) is 0 Å². The molecule has 11 aromatic carbocycles. The average Bonchev–Trinajstić information content (AvgIpc) is 3.97. The average molecular weight is 1170 g/mol. The quantitative estimate of drug-likeness (QED) is 0.149. The fourth-order valence-electron chi connectivity index (χ4n) is 12.7. The molecule has 0 N–H and O–H groups in total. The second-order valence-corrected chi connectivity index (χ2v) is 20.6. The molecule has 2 aliphatic rings. The Balaban J connectivity index is 0.00000552. The molecule has 5 heteroatoms. The molecule has 0 unspecified atom stereocenters. The molecule has 1 radical (unpaired) electrons. The molecule has 0 saturated heterocycles. The second kappa shape index (κ2) is 18.8. The van der Waals surface area contributed by atoms with Crippen molar-refractivity contribution in [1.82, 2.24) is 19.9 Å². The van der Waals surface area contributed by atoms with E-state index in [-0.39, 0.29) is 20.1 Å². The normalized spacial score (nSPS) is 12.5. The van der Waals surface area contributed by atoms with Crippen LogP contribution in [-0.4, -0.2) is 19.9 Å². The van der Waals surface area contributed by atoms with Crippen molar-refractivity contribution in [3.63, 3.8) is 0 Å². The molecule has 4 nitrogen and oxygen atoms in total. The maximum atomic E-state index is 5.22. The number of aryl methyl sites for hydroxylation is 2. The Hall–Kier alpha value is -9.25. The van der Waals surface area contributed by atoms with Gasteiger partial charge in [-0.3, -0.25) is 0 Å². The minimum absolute atomic E-state index is 0. The molecular weight excluding hydrogens is 1130 g/mol. The second-order valence-electron chi connectivity index (χ2n) is 20.6. The van der Waals surface area contributed by atoms with E-state index in [1.165, 1.54) is 72.3 Å². The van der Waals surface area contributed by atoms with E-state index in [0.29, 0.717) is 17.5 Å². The van der Waals surface area contributed by atoms with Gasteiger partial charge in [0.15, 0.2) is 17.5 Å². The van der Waals surface area contributed by atoms with E-state index < -0.39 is 5.41 Å². The van der Waals surface area contributed by atoms with E-state index in [1.54, 1.807) is 0 Å². The zero-order valence-electron chi connectivity index (χ0n) is 42.8. The summed E-state index contributed by atoms with van der Waals surface area (Å²) in [5.41, 5.74) is 23.5. The van der Waals surface area contributed by atoms with Crippen LogP contribution in [0.4, 0.5) is 0 Å². The summed E-state index contributed by atoms with van der Waals surface area (Å²) in [6, 6.07) is 91.7. The van der Waals surface area contributed by atoms with E-state index in [9.17, 15) is 0 Å². The van der Waals surface area contributed by atoms with E-state index in [0.717, 1.165) is 66.2 Å². The van der Waals surface area contributed by atoms with E-state index in [1.807, 2.05) is 6.20 Å². The van der Waals surface area contributed by atoms with Crippen LogP contribution in [0, 0.1) is 19.9 Å². The Morgan fingerprint density at radius 2 is 0.808 bits per heavy atom. The first-order chi connectivity index (χ1) is 38.0. The van der Waals surface area contributed by atoms with Crippen molar-refractivity contribution in [2.75, 3.05) is 0 Å². The van der Waals surface area contributed by atoms with Gasteiger partial charge in [0.1, 0.15) is 0 Å². The van der Waals surface area contributed by atoms with Crippen LogP contribution < -0.4 is 0 Å². The third kappa shape index (κ3) is 7.53. The maximum Gasteiger partial charge on any atom is 0.165 e. The third-order valence-corrected chi connectivity index (χ3v) is 16.0. The van der Waals surface area contributed by atoms with Crippen molar-refractivity contribution < 1.29 is 20.1 Å². The van der Waals surface area contributed by atoms with Crippen molar-refractivity contribution in [2.45, 2.75) is 19.3 Å². The Labute approximate surface area is 467 Å². The smallest absolute Gasteiger partial charge is 0.165 e. The van der Waals surface area contributed by atoms with Crippen LogP contribution in [0.25, 0.3) is 123 Å². The number of benzene rings is 11. The van der Waals surface area contributed by atoms with Gasteiger partial charge in [0.2, 0.25) is 0 Å². The van der Waals surface area contributed by atoms with Crippen molar-refractivity contribution in [3.8, 4) is 101 Å². The van der Waals surface area contributed by atoms with Crippen LogP contribution >= 0.6 is 0 Å². The van der Waals surface area contributed by atoms with Crippen molar-refractivity contribution in [3.05, 3.63) is 288 Å². The van der Waals surface area contributed by atoms with Crippen LogP contribution in [0.15, 0.2) is 249 Å². The molecule has 2 aromatic heterocycles. The van der Waals surface area contributed by atoms with Gasteiger partial charge < -0.3 is 4.98 Å². The molecule has 0 amide bonds. The molecule has 369 valence electrons. The minimum Gasteiger partial charge on any atom is -0.304 e. The summed E-state index contributed by atoms with van der Waals surface area (Å²) in [6.45, 7) is 4.36. The number of nitrogens with zero attached hydrogens (tertiary/aromatic N) is 4. The Kier molecular flexibility index (Phi) is 11.4. The number of hydrogen-bond acceptors (Lipinski definition) is 4. The van der Waals surface area contributed by atoms with Crippen molar-refractivity contribution in [2.24, 2.45) is 0 Å². The first-order valence-electron chi connectivity index (χ1n) is 26.3. The molecule has 78 heavy (non-hydrogen) atoms. The summed E-state index contributed by atoms with van der Waals surface area (Å²) in [5, 5.41) is 4.57. The molecule has 0 aliphatic heterocycles. The fraction of sp³-hybridized carbons (Fsp3) is 0.0411. The topological polar surface area (TPSA) is 51.6 Å². The van der Waals surface area contributed by atoms with Gasteiger partial charge in [-0.2, -0.15) is 0 Å². The zero-order valence-corrected chi connectivity index (χ0v) is 45.2. The van der Waals surface area contributed by atoms with E-state index in [4.69, 9.17) is 19.9 Å². The van der Waals surface area contributed by atoms with Gasteiger partial charge in [-0.1, -0.05) is 246 Å². The largest absolute Gasteiger partial charge is 0.304 e. The molecule has 2 aliphatic carbocycles. The molecule has 2 heterocycles. The minimum atomic E-state index is -0.481. The molecule has 13 aromatic rings. The Morgan fingerprint density at radius 3 is 1.40 bits per heavy atom. The van der Waals surface area contributed by atoms with Crippen LogP contribution in [0.3, 0.4) is 0 Å². The van der Waals surface area contributed by atoms with E-state index in [2.05, 4.69) is 263 Å². The summed E-state index contributed by atoms with van der Waals surface area (Å²) in [7, 11) is 0. The SMILES string of the molecule is Cc1cc(C)cc(-c2ccccc2-c2c[c-]c(-c3ccc(-c4nc(-c5ccc6ccccc6c5)nc(-c5ccc6ccccc6c5)n4)cn3)cc2-c2cccc3c2-c2ccccc2C32c3ccccc3-c3ccccc32)c1.[Ir]. The molecular formula is C73H47IrN4-. The Morgan fingerprint density at radius 1 is 0.333 bits per heavy atom. The van der Waals surface area contributed by atoms with Crippen LogP contribution in [0.1, 0.15) is 33.4 Å². The van der Waals surface area contributed by atoms with Crippen LogP contribution in [0.2, 0.25) is 0 Å². The first kappa shape index (κ1) is 47.2. The number of aromatic nitrogens is 4. The predicted molar refractivity (Wildman–Crippen MR) is 315 cm³/mol. The van der Waals surface area contributed by atoms with Crippen molar-refractivity contribution >= 4 is 21.5 Å². The molecule has 0 saturated carbocycles. The monoisotopic (exact) mass is 1170 g/mol. The number of pyridine rings is 1. The summed E-state index contributed by atoms with van der Waals surface area (Å²) in [6.07, 6.45) is 1.89. The van der Waals surface area contributed by atoms with Crippen molar-refractivity contribution in [1.29, 1.82) is 0 Å². The van der Waals surface area contributed by atoms with Gasteiger partial charge in [-0.05, 0) is 114 Å².